The van der Waals surface area contributed by atoms with E-state index < -0.39 is 0 Å². The lowest BCUT2D eigenvalue weighted by Gasteiger charge is -2.37. The van der Waals surface area contributed by atoms with Crippen molar-refractivity contribution in [3.63, 3.8) is 0 Å². The van der Waals surface area contributed by atoms with Crippen LogP contribution in [0.1, 0.15) is 49.4 Å². The van der Waals surface area contributed by atoms with Crippen LogP contribution in [-0.4, -0.2) is 83.7 Å². The number of amides is 2. The lowest BCUT2D eigenvalue weighted by atomic mass is 10.2. The molecule has 9 nitrogen and oxygen atoms in total. The zero-order valence-electron chi connectivity index (χ0n) is 20.0. The van der Waals surface area contributed by atoms with E-state index in [4.69, 9.17) is 4.74 Å². The lowest BCUT2D eigenvalue weighted by Crippen LogP contribution is -2.55. The number of nitrogens with zero attached hydrogens (tertiary/aromatic N) is 4. The number of piperazine rings is 1. The van der Waals surface area contributed by atoms with E-state index in [1.165, 1.54) is 0 Å². The molecule has 0 aromatic carbocycles. The van der Waals surface area contributed by atoms with Gasteiger partial charge in [0.25, 0.3) is 0 Å². The minimum atomic E-state index is -0.146. The molecule has 1 aliphatic carbocycles. The third kappa shape index (κ3) is 5.57. The molecule has 2 N–H and O–H groups in total. The minimum absolute atomic E-state index is 0.102. The van der Waals surface area contributed by atoms with Crippen LogP contribution in [0.25, 0.3) is 0 Å². The van der Waals surface area contributed by atoms with Gasteiger partial charge in [0.1, 0.15) is 11.9 Å². The summed E-state index contributed by atoms with van der Waals surface area (Å²) >= 11 is 0. The summed E-state index contributed by atoms with van der Waals surface area (Å²) in [7, 11) is 0. The molecule has 33 heavy (non-hydrogen) atoms. The fourth-order valence-corrected chi connectivity index (χ4v) is 4.75. The van der Waals surface area contributed by atoms with Gasteiger partial charge in [-0.05, 0) is 52.0 Å². The van der Waals surface area contributed by atoms with Crippen LogP contribution in [0.15, 0.2) is 0 Å². The Balaban J connectivity index is 1.33. The molecule has 0 radical (unpaired) electrons. The number of nitrogens with one attached hydrogen (secondary N) is 2. The first-order valence-electron chi connectivity index (χ1n) is 12.2. The van der Waals surface area contributed by atoms with Crippen molar-refractivity contribution in [3.8, 4) is 6.07 Å². The Morgan fingerprint density at radius 3 is 2.52 bits per heavy atom. The second kappa shape index (κ2) is 10.2. The Bertz CT molecular complexity index is 918. The second-order valence-corrected chi connectivity index (χ2v) is 9.61. The maximum absolute atomic E-state index is 12.9. The summed E-state index contributed by atoms with van der Waals surface area (Å²) < 4.78 is 7.82. The van der Waals surface area contributed by atoms with Crippen molar-refractivity contribution >= 4 is 17.6 Å². The van der Waals surface area contributed by atoms with Crippen LogP contribution in [0.3, 0.4) is 0 Å². The average Bonchev–Trinajstić information content (AvgIpc) is 3.41. The third-order valence-corrected chi connectivity index (χ3v) is 7.23. The maximum atomic E-state index is 12.9. The second-order valence-electron chi connectivity index (χ2n) is 9.61. The van der Waals surface area contributed by atoms with Crippen LogP contribution in [0.2, 0.25) is 0 Å². The van der Waals surface area contributed by atoms with E-state index in [-0.39, 0.29) is 30.5 Å². The quantitative estimate of drug-likeness (QED) is 0.613. The molecular weight excluding hydrogens is 420 g/mol. The molecule has 3 aliphatic rings. The SMILES string of the molecule is Cc1c(C#N)c(NC(=O)CN2CCN(C(C)C(=O)NC3CC3)CC2)n(CC2CCCO2)c1C. The molecule has 2 aliphatic heterocycles. The van der Waals surface area contributed by atoms with E-state index in [9.17, 15) is 14.9 Å². The van der Waals surface area contributed by atoms with Crippen molar-refractivity contribution in [1.29, 1.82) is 5.26 Å². The van der Waals surface area contributed by atoms with Crippen LogP contribution in [0.4, 0.5) is 5.82 Å². The number of carbonyl (C=O) groups is 2. The molecule has 1 aromatic rings. The van der Waals surface area contributed by atoms with Crippen LogP contribution in [0.5, 0.6) is 0 Å². The number of anilines is 1. The molecule has 2 unspecified atom stereocenters. The van der Waals surface area contributed by atoms with Crippen molar-refractivity contribution in [2.24, 2.45) is 0 Å². The van der Waals surface area contributed by atoms with Gasteiger partial charge in [0.2, 0.25) is 11.8 Å². The molecule has 0 bridgehead atoms. The van der Waals surface area contributed by atoms with Gasteiger partial charge in [0.05, 0.1) is 30.8 Å². The Kier molecular flexibility index (Phi) is 7.37. The van der Waals surface area contributed by atoms with E-state index in [1.807, 2.05) is 25.3 Å². The summed E-state index contributed by atoms with van der Waals surface area (Å²) in [4.78, 5) is 29.5. The zero-order chi connectivity index (χ0) is 23.5. The van der Waals surface area contributed by atoms with Gasteiger partial charge < -0.3 is 19.9 Å². The highest BCUT2D eigenvalue weighted by Gasteiger charge is 2.30. The van der Waals surface area contributed by atoms with Crippen LogP contribution >= 0.6 is 0 Å². The molecule has 9 heteroatoms. The smallest absolute Gasteiger partial charge is 0.239 e. The van der Waals surface area contributed by atoms with E-state index in [2.05, 4.69) is 26.5 Å². The monoisotopic (exact) mass is 456 g/mol. The van der Waals surface area contributed by atoms with Gasteiger partial charge in [-0.2, -0.15) is 5.26 Å². The topological polar surface area (TPSA) is 103 Å². The third-order valence-electron chi connectivity index (χ3n) is 7.23. The fraction of sp³-hybridized carbons (Fsp3) is 0.708. The normalized spacial score (nSPS) is 22.7. The summed E-state index contributed by atoms with van der Waals surface area (Å²) in [6, 6.07) is 2.49. The first kappa shape index (κ1) is 23.7. The van der Waals surface area contributed by atoms with Crippen molar-refractivity contribution in [2.45, 2.75) is 71.2 Å². The Morgan fingerprint density at radius 1 is 1.18 bits per heavy atom. The average molecular weight is 457 g/mol. The molecule has 180 valence electrons. The summed E-state index contributed by atoms with van der Waals surface area (Å²) in [6.07, 6.45) is 4.33. The Morgan fingerprint density at radius 2 is 1.91 bits per heavy atom. The highest BCUT2D eigenvalue weighted by Crippen LogP contribution is 2.28. The van der Waals surface area contributed by atoms with Gasteiger partial charge in [0.15, 0.2) is 0 Å². The van der Waals surface area contributed by atoms with E-state index in [1.54, 1.807) is 0 Å². The van der Waals surface area contributed by atoms with Crippen molar-refractivity contribution in [1.82, 2.24) is 19.7 Å². The van der Waals surface area contributed by atoms with E-state index >= 15 is 0 Å². The molecule has 2 saturated heterocycles. The van der Waals surface area contributed by atoms with Gasteiger partial charge in [-0.1, -0.05) is 0 Å². The lowest BCUT2D eigenvalue weighted by molar-refractivity contribution is -0.127. The summed E-state index contributed by atoms with van der Waals surface area (Å²) in [5.41, 5.74) is 2.42. The molecule has 1 saturated carbocycles. The first-order chi connectivity index (χ1) is 15.9. The molecular formula is C24H36N6O3. The number of carbonyl (C=O) groups excluding carboxylic acids is 2. The predicted octanol–water partition coefficient (Wildman–Crippen LogP) is 1.38. The molecule has 3 fully saturated rings. The Labute approximate surface area is 196 Å². The van der Waals surface area contributed by atoms with Gasteiger partial charge in [-0.25, -0.2) is 0 Å². The molecule has 0 spiro atoms. The van der Waals surface area contributed by atoms with Crippen molar-refractivity contribution < 1.29 is 14.3 Å². The summed E-state index contributed by atoms with van der Waals surface area (Å²) in [5, 5.41) is 15.8. The molecule has 3 heterocycles. The molecule has 1 aromatic heterocycles. The number of aromatic nitrogens is 1. The van der Waals surface area contributed by atoms with Crippen molar-refractivity contribution in [3.05, 3.63) is 16.8 Å². The zero-order valence-corrected chi connectivity index (χ0v) is 20.0. The largest absolute Gasteiger partial charge is 0.376 e. The number of ether oxygens (including phenoxy) is 1. The first-order valence-corrected chi connectivity index (χ1v) is 12.2. The van der Waals surface area contributed by atoms with Gasteiger partial charge in [-0.3, -0.25) is 19.4 Å². The maximum Gasteiger partial charge on any atom is 0.239 e. The van der Waals surface area contributed by atoms with Gasteiger partial charge in [0, 0.05) is 44.5 Å². The highest BCUT2D eigenvalue weighted by molar-refractivity contribution is 5.93. The summed E-state index contributed by atoms with van der Waals surface area (Å²) in [6.45, 7) is 10.5. The van der Waals surface area contributed by atoms with E-state index in [0.717, 1.165) is 69.7 Å². The molecule has 2 atom stereocenters. The van der Waals surface area contributed by atoms with Crippen LogP contribution in [0, 0.1) is 25.2 Å². The number of rotatable bonds is 8. The minimum Gasteiger partial charge on any atom is -0.376 e. The molecule has 2 amide bonds. The van der Waals surface area contributed by atoms with Crippen LogP contribution < -0.4 is 10.6 Å². The summed E-state index contributed by atoms with van der Waals surface area (Å²) in [5.74, 6) is 0.563. The van der Waals surface area contributed by atoms with Gasteiger partial charge in [-0.15, -0.1) is 0 Å². The Hall–Kier alpha value is -2.41. The number of hydrogen-bond acceptors (Lipinski definition) is 6. The van der Waals surface area contributed by atoms with Crippen molar-refractivity contribution in [2.75, 3.05) is 44.6 Å². The predicted molar refractivity (Wildman–Crippen MR) is 125 cm³/mol. The highest BCUT2D eigenvalue weighted by atomic mass is 16.5. The van der Waals surface area contributed by atoms with Crippen LogP contribution in [-0.2, 0) is 20.9 Å². The number of hydrogen-bond donors (Lipinski definition) is 2. The standard InChI is InChI=1S/C24H36N6O3/c1-16-17(2)30(14-20-5-4-12-33-20)23(21(16)13-25)27-22(31)15-28-8-10-29(11-9-28)18(3)24(32)26-19-6-7-19/h18-20H,4-12,14-15H2,1-3H3,(H,26,32)(H,27,31). The fourth-order valence-electron chi connectivity index (χ4n) is 4.75. The van der Waals surface area contributed by atoms with Gasteiger partial charge >= 0.3 is 0 Å². The van der Waals surface area contributed by atoms with E-state index in [0.29, 0.717) is 24.0 Å². The molecule has 4 rings (SSSR count). The number of nitriles is 1.